The van der Waals surface area contributed by atoms with E-state index in [1.54, 1.807) is 0 Å². The van der Waals surface area contributed by atoms with Crippen molar-refractivity contribution < 1.29 is 14.3 Å². The molecule has 4 heteroatoms. The monoisotopic (exact) mass is 206 g/mol. The first-order valence-electron chi connectivity index (χ1n) is 4.70. The standard InChI is InChI=1S/C9H18O3S/c1-2-3-4-5-6-11-7-8-12-9(10)13/h2-8H2,1H3,(H,10,13). The highest BCUT2D eigenvalue weighted by Crippen LogP contribution is 1.98. The first kappa shape index (κ1) is 12.8. The summed E-state index contributed by atoms with van der Waals surface area (Å²) < 4.78 is 9.79. The van der Waals surface area contributed by atoms with Crippen LogP contribution < -0.4 is 0 Å². The van der Waals surface area contributed by atoms with Crippen molar-refractivity contribution >= 4 is 17.9 Å². The minimum atomic E-state index is -0.547. The Morgan fingerprint density at radius 1 is 1.15 bits per heavy atom. The van der Waals surface area contributed by atoms with E-state index in [0.717, 1.165) is 13.0 Å². The molecule has 0 saturated heterocycles. The van der Waals surface area contributed by atoms with Crippen molar-refractivity contribution in [3.63, 3.8) is 0 Å². The fourth-order valence-corrected chi connectivity index (χ4v) is 1.01. The van der Waals surface area contributed by atoms with Gasteiger partial charge in [0.2, 0.25) is 0 Å². The molecule has 0 heterocycles. The number of thiol groups is 1. The van der Waals surface area contributed by atoms with Crippen LogP contribution in [0.2, 0.25) is 0 Å². The van der Waals surface area contributed by atoms with E-state index < -0.39 is 5.30 Å². The normalized spacial score (nSPS) is 10.0. The van der Waals surface area contributed by atoms with Gasteiger partial charge in [0.25, 0.3) is 0 Å². The van der Waals surface area contributed by atoms with Crippen LogP contribution in [0, 0.1) is 0 Å². The summed E-state index contributed by atoms with van der Waals surface area (Å²) in [5, 5.41) is -0.547. The second-order valence-electron chi connectivity index (χ2n) is 2.79. The number of rotatable bonds is 8. The molecule has 0 aliphatic heterocycles. The average molecular weight is 206 g/mol. The SMILES string of the molecule is CCCCCCOCCOC(=O)S. The fourth-order valence-electron chi connectivity index (χ4n) is 0.921. The first-order valence-corrected chi connectivity index (χ1v) is 5.15. The lowest BCUT2D eigenvalue weighted by Crippen LogP contribution is -2.06. The zero-order valence-corrected chi connectivity index (χ0v) is 9.02. The molecule has 0 radical (unpaired) electrons. The maximum Gasteiger partial charge on any atom is 0.364 e. The Balaban J connectivity index is 2.87. The molecule has 0 aromatic heterocycles. The van der Waals surface area contributed by atoms with E-state index in [1.165, 1.54) is 19.3 Å². The second kappa shape index (κ2) is 9.86. The van der Waals surface area contributed by atoms with Gasteiger partial charge in [-0.15, -0.1) is 0 Å². The first-order chi connectivity index (χ1) is 6.27. The quantitative estimate of drug-likeness (QED) is 0.377. The minimum absolute atomic E-state index is 0.302. The lowest BCUT2D eigenvalue weighted by atomic mass is 10.2. The molecular weight excluding hydrogens is 188 g/mol. The molecule has 0 aromatic carbocycles. The Morgan fingerprint density at radius 3 is 2.54 bits per heavy atom. The van der Waals surface area contributed by atoms with Crippen molar-refractivity contribution in [1.82, 2.24) is 0 Å². The van der Waals surface area contributed by atoms with E-state index >= 15 is 0 Å². The summed E-state index contributed by atoms with van der Waals surface area (Å²) in [5.41, 5.74) is 0. The van der Waals surface area contributed by atoms with Gasteiger partial charge in [0, 0.05) is 6.61 Å². The van der Waals surface area contributed by atoms with Crippen LogP contribution in [0.15, 0.2) is 0 Å². The third kappa shape index (κ3) is 11.8. The highest BCUT2D eigenvalue weighted by molar-refractivity contribution is 7.96. The van der Waals surface area contributed by atoms with Crippen LogP contribution in [-0.4, -0.2) is 25.1 Å². The maximum atomic E-state index is 10.2. The molecule has 78 valence electrons. The lowest BCUT2D eigenvalue weighted by molar-refractivity contribution is 0.0807. The molecular formula is C9H18O3S. The van der Waals surface area contributed by atoms with Crippen LogP contribution in [0.3, 0.4) is 0 Å². The summed E-state index contributed by atoms with van der Waals surface area (Å²) in [7, 11) is 0. The molecule has 0 rings (SSSR count). The highest BCUT2D eigenvalue weighted by atomic mass is 32.1. The summed E-state index contributed by atoms with van der Waals surface area (Å²) in [4.78, 5) is 10.2. The Hall–Kier alpha value is -0.220. The van der Waals surface area contributed by atoms with Gasteiger partial charge in [-0.3, -0.25) is 0 Å². The van der Waals surface area contributed by atoms with E-state index in [-0.39, 0.29) is 0 Å². The van der Waals surface area contributed by atoms with Crippen molar-refractivity contribution in [3.8, 4) is 0 Å². The smallest absolute Gasteiger partial charge is 0.364 e. The van der Waals surface area contributed by atoms with Gasteiger partial charge in [0.1, 0.15) is 6.61 Å². The summed E-state index contributed by atoms with van der Waals surface area (Å²) in [6.07, 6.45) is 4.79. The minimum Gasteiger partial charge on any atom is -0.455 e. The summed E-state index contributed by atoms with van der Waals surface area (Å²) >= 11 is 3.45. The molecule has 0 atom stereocenters. The van der Waals surface area contributed by atoms with E-state index in [9.17, 15) is 4.79 Å². The summed E-state index contributed by atoms with van der Waals surface area (Å²) in [6, 6.07) is 0. The van der Waals surface area contributed by atoms with Crippen LogP contribution in [-0.2, 0) is 9.47 Å². The molecule has 0 bridgehead atoms. The predicted octanol–water partition coefficient (Wildman–Crippen LogP) is 2.65. The lowest BCUT2D eigenvalue weighted by Gasteiger charge is -2.03. The molecule has 0 N–H and O–H groups in total. The van der Waals surface area contributed by atoms with Gasteiger partial charge in [-0.2, -0.15) is 0 Å². The van der Waals surface area contributed by atoms with Gasteiger partial charge in [0.15, 0.2) is 0 Å². The summed E-state index contributed by atoms with van der Waals surface area (Å²) in [6.45, 7) is 3.70. The number of ether oxygens (including phenoxy) is 2. The number of hydrogen-bond acceptors (Lipinski definition) is 3. The van der Waals surface area contributed by atoms with Crippen molar-refractivity contribution in [2.24, 2.45) is 0 Å². The molecule has 0 amide bonds. The molecule has 0 fully saturated rings. The van der Waals surface area contributed by atoms with Crippen molar-refractivity contribution in [1.29, 1.82) is 0 Å². The molecule has 0 unspecified atom stereocenters. The number of unbranched alkanes of at least 4 members (excludes halogenated alkanes) is 3. The fraction of sp³-hybridized carbons (Fsp3) is 0.889. The molecule has 3 nitrogen and oxygen atoms in total. The van der Waals surface area contributed by atoms with E-state index in [0.29, 0.717) is 13.2 Å². The van der Waals surface area contributed by atoms with Gasteiger partial charge < -0.3 is 9.47 Å². The second-order valence-corrected chi connectivity index (χ2v) is 3.15. The van der Waals surface area contributed by atoms with Crippen molar-refractivity contribution in [2.75, 3.05) is 19.8 Å². The number of carbonyl (C=O) groups excluding carboxylic acids is 1. The number of carbonyl (C=O) groups is 1. The molecule has 13 heavy (non-hydrogen) atoms. The van der Waals surface area contributed by atoms with Gasteiger partial charge in [-0.1, -0.05) is 38.8 Å². The number of hydrogen-bond donors (Lipinski definition) is 1. The van der Waals surface area contributed by atoms with Crippen LogP contribution in [0.4, 0.5) is 4.79 Å². The van der Waals surface area contributed by atoms with Crippen LogP contribution >= 0.6 is 12.6 Å². The van der Waals surface area contributed by atoms with Crippen LogP contribution in [0.5, 0.6) is 0 Å². The van der Waals surface area contributed by atoms with Gasteiger partial charge >= 0.3 is 5.30 Å². The zero-order chi connectivity index (χ0) is 9.94. The van der Waals surface area contributed by atoms with Crippen LogP contribution in [0.1, 0.15) is 32.6 Å². The molecule has 0 aromatic rings. The van der Waals surface area contributed by atoms with E-state index in [1.807, 2.05) is 0 Å². The van der Waals surface area contributed by atoms with Crippen molar-refractivity contribution in [3.05, 3.63) is 0 Å². The molecule has 0 spiro atoms. The van der Waals surface area contributed by atoms with Crippen molar-refractivity contribution in [2.45, 2.75) is 32.6 Å². The maximum absolute atomic E-state index is 10.2. The third-order valence-corrected chi connectivity index (χ3v) is 1.72. The average Bonchev–Trinajstić information content (AvgIpc) is 2.09. The van der Waals surface area contributed by atoms with Gasteiger partial charge in [-0.05, 0) is 6.42 Å². The Morgan fingerprint density at radius 2 is 1.92 bits per heavy atom. The topological polar surface area (TPSA) is 35.5 Å². The molecule has 0 saturated carbocycles. The molecule has 0 aliphatic carbocycles. The highest BCUT2D eigenvalue weighted by Gasteiger charge is 1.93. The zero-order valence-electron chi connectivity index (χ0n) is 8.12. The predicted molar refractivity (Wildman–Crippen MR) is 55.3 cm³/mol. The molecule has 0 aliphatic rings. The third-order valence-electron chi connectivity index (χ3n) is 1.60. The largest absolute Gasteiger partial charge is 0.455 e. The Bertz CT molecular complexity index is 128. The Kier molecular flexibility index (Phi) is 9.70. The van der Waals surface area contributed by atoms with Gasteiger partial charge in [-0.25, -0.2) is 4.79 Å². The van der Waals surface area contributed by atoms with E-state index in [4.69, 9.17) is 4.74 Å². The van der Waals surface area contributed by atoms with Crippen LogP contribution in [0.25, 0.3) is 0 Å². The summed E-state index contributed by atoms with van der Waals surface area (Å²) in [5.74, 6) is 0. The Labute approximate surface area is 85.2 Å². The van der Waals surface area contributed by atoms with E-state index in [2.05, 4.69) is 24.3 Å². The van der Waals surface area contributed by atoms with Gasteiger partial charge in [0.05, 0.1) is 6.61 Å².